The van der Waals surface area contributed by atoms with Gasteiger partial charge < -0.3 is 10.4 Å². The van der Waals surface area contributed by atoms with E-state index >= 15 is 0 Å². The summed E-state index contributed by atoms with van der Waals surface area (Å²) in [5.74, 6) is -1.13. The van der Waals surface area contributed by atoms with Crippen molar-refractivity contribution >= 4 is 21.5 Å². The van der Waals surface area contributed by atoms with Crippen LogP contribution < -0.4 is 5.32 Å². The molecule has 0 spiro atoms. The van der Waals surface area contributed by atoms with Gasteiger partial charge in [-0.3, -0.25) is 0 Å². The van der Waals surface area contributed by atoms with Gasteiger partial charge >= 0.3 is 5.97 Å². The van der Waals surface area contributed by atoms with Gasteiger partial charge in [-0.25, -0.2) is 13.2 Å². The summed E-state index contributed by atoms with van der Waals surface area (Å²) >= 11 is 0. The first-order valence-corrected chi connectivity index (χ1v) is 6.32. The molecule has 16 heavy (non-hydrogen) atoms. The molecule has 0 fully saturated rings. The highest BCUT2D eigenvalue weighted by atomic mass is 32.2. The normalized spacial score (nSPS) is 21.9. The van der Waals surface area contributed by atoms with Gasteiger partial charge in [0.15, 0.2) is 9.84 Å². The van der Waals surface area contributed by atoms with Crippen molar-refractivity contribution in [1.82, 2.24) is 0 Å². The van der Waals surface area contributed by atoms with Gasteiger partial charge in [-0.1, -0.05) is 0 Å². The molecule has 0 amide bonds. The summed E-state index contributed by atoms with van der Waals surface area (Å²) in [6.07, 6.45) is 0. The molecule has 0 bridgehead atoms. The van der Waals surface area contributed by atoms with Crippen LogP contribution in [-0.2, 0) is 9.84 Å². The molecule has 1 heterocycles. The number of benzene rings is 1. The third-order valence-corrected chi connectivity index (χ3v) is 4.82. The predicted octanol–water partition coefficient (Wildman–Crippen LogP) is 0.972. The number of fused-ring (bicyclic) bond motifs is 1. The summed E-state index contributed by atoms with van der Waals surface area (Å²) < 4.78 is 23.9. The number of sulfone groups is 1. The van der Waals surface area contributed by atoms with Crippen molar-refractivity contribution in [2.45, 2.75) is 17.1 Å². The molecule has 0 saturated heterocycles. The second-order valence-corrected chi connectivity index (χ2v) is 6.09. The van der Waals surface area contributed by atoms with Crippen LogP contribution in [0.25, 0.3) is 0 Å². The Morgan fingerprint density at radius 1 is 1.50 bits per heavy atom. The van der Waals surface area contributed by atoms with Crippen molar-refractivity contribution in [3.63, 3.8) is 0 Å². The van der Waals surface area contributed by atoms with Crippen LogP contribution >= 0.6 is 0 Å². The molecule has 0 aliphatic carbocycles. The molecule has 1 aromatic rings. The van der Waals surface area contributed by atoms with Crippen LogP contribution in [0, 0.1) is 0 Å². The van der Waals surface area contributed by atoms with E-state index in [9.17, 15) is 13.2 Å². The number of aromatic carboxylic acids is 1. The maximum Gasteiger partial charge on any atom is 0.335 e. The topological polar surface area (TPSA) is 83.5 Å². The molecule has 0 saturated carbocycles. The van der Waals surface area contributed by atoms with Crippen LogP contribution in [-0.4, -0.2) is 31.3 Å². The molecule has 0 radical (unpaired) electrons. The Balaban J connectivity index is 2.65. The van der Waals surface area contributed by atoms with E-state index in [0.717, 1.165) is 0 Å². The smallest absolute Gasteiger partial charge is 0.335 e. The number of rotatable bonds is 1. The van der Waals surface area contributed by atoms with Gasteiger partial charge in [-0.2, -0.15) is 0 Å². The molecular weight excluding hydrogens is 230 g/mol. The van der Waals surface area contributed by atoms with Crippen LogP contribution in [0.1, 0.15) is 17.3 Å². The lowest BCUT2D eigenvalue weighted by molar-refractivity contribution is 0.0696. The number of carboxylic acids is 1. The van der Waals surface area contributed by atoms with Crippen LogP contribution in [0.4, 0.5) is 5.69 Å². The summed E-state index contributed by atoms with van der Waals surface area (Å²) in [6, 6.07) is 4.08. The Labute approximate surface area is 93.0 Å². The fourth-order valence-electron chi connectivity index (χ4n) is 1.62. The average Bonchev–Trinajstić information content (AvgIpc) is 2.23. The van der Waals surface area contributed by atoms with Gasteiger partial charge in [0.1, 0.15) is 0 Å². The van der Waals surface area contributed by atoms with Crippen molar-refractivity contribution < 1.29 is 18.3 Å². The number of hydrogen-bond acceptors (Lipinski definition) is 4. The fraction of sp³-hybridized carbons (Fsp3) is 0.300. The third kappa shape index (κ3) is 1.55. The standard InChI is InChI=1S/C10H11NO4S/c1-6-5-11-8-3-2-7(10(12)13)4-9(8)16(6,14)15/h2-4,6,11H,5H2,1H3,(H,12,13). The van der Waals surface area contributed by atoms with Crippen molar-refractivity contribution in [2.75, 3.05) is 11.9 Å². The van der Waals surface area contributed by atoms with Crippen LogP contribution in [0.15, 0.2) is 23.1 Å². The molecule has 1 aromatic carbocycles. The second-order valence-electron chi connectivity index (χ2n) is 3.75. The minimum atomic E-state index is -3.40. The Bertz CT molecular complexity index is 550. The molecule has 6 heteroatoms. The lowest BCUT2D eigenvalue weighted by Crippen LogP contribution is -2.32. The van der Waals surface area contributed by atoms with Gasteiger partial charge in [0.05, 0.1) is 21.4 Å². The van der Waals surface area contributed by atoms with Gasteiger partial charge in [0.2, 0.25) is 0 Å². The van der Waals surface area contributed by atoms with Gasteiger partial charge in [-0.15, -0.1) is 0 Å². The fourth-order valence-corrected chi connectivity index (χ4v) is 3.09. The first-order chi connectivity index (χ1) is 7.43. The zero-order chi connectivity index (χ0) is 11.9. The van der Waals surface area contributed by atoms with E-state index in [1.807, 2.05) is 0 Å². The Kier molecular flexibility index (Phi) is 2.38. The molecule has 2 rings (SSSR count). The number of nitrogens with one attached hydrogen (secondary N) is 1. The largest absolute Gasteiger partial charge is 0.478 e. The highest BCUT2D eigenvalue weighted by Crippen LogP contribution is 2.30. The van der Waals surface area contributed by atoms with E-state index in [-0.39, 0.29) is 10.5 Å². The molecule has 1 aliphatic heterocycles. The van der Waals surface area contributed by atoms with E-state index < -0.39 is 21.1 Å². The molecule has 5 nitrogen and oxygen atoms in total. The van der Waals surface area contributed by atoms with E-state index in [0.29, 0.717) is 12.2 Å². The molecule has 86 valence electrons. The van der Waals surface area contributed by atoms with Crippen LogP contribution in [0.3, 0.4) is 0 Å². The summed E-state index contributed by atoms with van der Waals surface area (Å²) in [5.41, 5.74) is 0.460. The minimum absolute atomic E-state index is 0.0155. The average molecular weight is 241 g/mol. The molecule has 1 aliphatic rings. The SMILES string of the molecule is CC1CNc2ccc(C(=O)O)cc2S1(=O)=O. The molecule has 1 unspecified atom stereocenters. The summed E-state index contributed by atoms with van der Waals surface area (Å²) in [7, 11) is -3.40. The zero-order valence-corrected chi connectivity index (χ0v) is 9.41. The maximum absolute atomic E-state index is 11.9. The van der Waals surface area contributed by atoms with E-state index in [2.05, 4.69) is 5.32 Å². The number of anilines is 1. The zero-order valence-electron chi connectivity index (χ0n) is 8.60. The highest BCUT2D eigenvalue weighted by Gasteiger charge is 2.31. The monoisotopic (exact) mass is 241 g/mol. The van der Waals surface area contributed by atoms with Gasteiger partial charge in [0.25, 0.3) is 0 Å². The molecule has 0 aromatic heterocycles. The molecule has 2 N–H and O–H groups in total. The highest BCUT2D eigenvalue weighted by molar-refractivity contribution is 7.92. The molecule has 1 atom stereocenters. The Morgan fingerprint density at radius 3 is 2.81 bits per heavy atom. The Hall–Kier alpha value is -1.56. The summed E-state index contributed by atoms with van der Waals surface area (Å²) in [6.45, 7) is 1.94. The second kappa shape index (κ2) is 3.48. The van der Waals surface area contributed by atoms with Crippen molar-refractivity contribution in [3.05, 3.63) is 23.8 Å². The first-order valence-electron chi connectivity index (χ1n) is 4.78. The summed E-state index contributed by atoms with van der Waals surface area (Å²) in [4.78, 5) is 10.8. The predicted molar refractivity (Wildman–Crippen MR) is 58.5 cm³/mol. The van der Waals surface area contributed by atoms with Crippen molar-refractivity contribution in [1.29, 1.82) is 0 Å². The quantitative estimate of drug-likeness (QED) is 0.765. The molecular formula is C10H11NO4S. The van der Waals surface area contributed by atoms with Crippen molar-refractivity contribution in [3.8, 4) is 0 Å². The number of hydrogen-bond donors (Lipinski definition) is 2. The van der Waals surface area contributed by atoms with Gasteiger partial charge in [0, 0.05) is 6.54 Å². The number of carboxylic acid groups (broad SMARTS) is 1. The minimum Gasteiger partial charge on any atom is -0.478 e. The third-order valence-electron chi connectivity index (χ3n) is 2.64. The first kappa shape index (κ1) is 10.9. The van der Waals surface area contributed by atoms with Crippen LogP contribution in [0.2, 0.25) is 0 Å². The lowest BCUT2D eigenvalue weighted by Gasteiger charge is -2.23. The van der Waals surface area contributed by atoms with E-state index in [4.69, 9.17) is 5.11 Å². The van der Waals surface area contributed by atoms with E-state index in [1.54, 1.807) is 6.92 Å². The van der Waals surface area contributed by atoms with E-state index in [1.165, 1.54) is 18.2 Å². The summed E-state index contributed by atoms with van der Waals surface area (Å²) in [5, 5.41) is 11.2. The van der Waals surface area contributed by atoms with Gasteiger partial charge in [-0.05, 0) is 25.1 Å². The Morgan fingerprint density at radius 2 is 2.19 bits per heavy atom. The van der Waals surface area contributed by atoms with Crippen molar-refractivity contribution in [2.24, 2.45) is 0 Å². The van der Waals surface area contributed by atoms with Crippen LogP contribution in [0.5, 0.6) is 0 Å². The number of carbonyl (C=O) groups is 1. The maximum atomic E-state index is 11.9. The lowest BCUT2D eigenvalue weighted by atomic mass is 10.2.